The van der Waals surface area contributed by atoms with Crippen molar-refractivity contribution in [2.45, 2.75) is 31.0 Å². The molecule has 24 heavy (non-hydrogen) atoms. The third-order valence-electron chi connectivity index (χ3n) is 3.22. The van der Waals surface area contributed by atoms with Gasteiger partial charge in [-0.25, -0.2) is 0 Å². The first kappa shape index (κ1) is 18.8. The van der Waals surface area contributed by atoms with Gasteiger partial charge in [0.05, 0.1) is 4.75 Å². The molecule has 2 aliphatic rings. The number of carbonyl (C=O) groups is 2. The van der Waals surface area contributed by atoms with E-state index in [-0.39, 0.29) is 17.6 Å². The molecule has 0 radical (unpaired) electrons. The Kier molecular flexibility index (Phi) is 5.56. The van der Waals surface area contributed by atoms with Crippen LogP contribution in [0.1, 0.15) is 20.8 Å². The first-order valence-corrected chi connectivity index (χ1v) is 8.95. The van der Waals surface area contributed by atoms with Crippen LogP contribution in [0.2, 0.25) is 0 Å². The number of amides is 2. The predicted molar refractivity (Wildman–Crippen MR) is 98.6 cm³/mol. The molecule has 2 fully saturated rings. The first-order valence-electron chi connectivity index (χ1n) is 7.25. The number of aliphatic hydroxyl groups excluding tert-OH is 1. The summed E-state index contributed by atoms with van der Waals surface area (Å²) in [5, 5.41) is 18.7. The highest BCUT2D eigenvalue weighted by Crippen LogP contribution is 2.37. The smallest absolute Gasteiger partial charge is 0.268 e. The molecule has 1 atom stereocenters. The molecular formula is C15H20N4O3S2. The van der Waals surface area contributed by atoms with Crippen LogP contribution in [0.5, 0.6) is 0 Å². The molecule has 0 aromatic heterocycles. The van der Waals surface area contributed by atoms with Gasteiger partial charge in [-0.05, 0) is 32.5 Å². The van der Waals surface area contributed by atoms with Crippen molar-refractivity contribution in [1.82, 2.24) is 9.80 Å². The molecule has 2 aliphatic heterocycles. The number of nitrogens with zero attached hydrogens (tertiary/aromatic N) is 4. The van der Waals surface area contributed by atoms with Crippen LogP contribution in [0.25, 0.3) is 0 Å². The van der Waals surface area contributed by atoms with E-state index >= 15 is 0 Å². The largest absolute Gasteiger partial charge is 0.373 e. The van der Waals surface area contributed by atoms with E-state index < -0.39 is 16.1 Å². The summed E-state index contributed by atoms with van der Waals surface area (Å²) in [6, 6.07) is 0. The maximum Gasteiger partial charge on any atom is 0.268 e. The van der Waals surface area contributed by atoms with Gasteiger partial charge in [0.15, 0.2) is 15.8 Å². The Balaban J connectivity index is 2.31. The summed E-state index contributed by atoms with van der Waals surface area (Å²) in [7, 11) is 0. The maximum absolute atomic E-state index is 12.5. The Morgan fingerprint density at radius 3 is 2.54 bits per heavy atom. The topological polar surface area (TPSA) is 85.6 Å². The van der Waals surface area contributed by atoms with Crippen molar-refractivity contribution < 1.29 is 14.7 Å². The van der Waals surface area contributed by atoms with Crippen molar-refractivity contribution in [1.29, 1.82) is 0 Å². The summed E-state index contributed by atoms with van der Waals surface area (Å²) >= 11 is 2.23. The molecule has 0 aromatic carbocycles. The van der Waals surface area contributed by atoms with Crippen LogP contribution in [-0.4, -0.2) is 60.3 Å². The zero-order valence-electron chi connectivity index (χ0n) is 13.9. The minimum atomic E-state index is -1.19. The van der Waals surface area contributed by atoms with Crippen molar-refractivity contribution in [3.63, 3.8) is 0 Å². The molecule has 9 heteroatoms. The van der Waals surface area contributed by atoms with Crippen LogP contribution in [0.15, 0.2) is 35.0 Å². The third-order valence-corrected chi connectivity index (χ3v) is 5.33. The van der Waals surface area contributed by atoms with Crippen LogP contribution >= 0.6 is 23.5 Å². The van der Waals surface area contributed by atoms with Crippen LogP contribution in [0, 0.1) is 0 Å². The molecule has 130 valence electrons. The fourth-order valence-electron chi connectivity index (χ4n) is 2.12. The summed E-state index contributed by atoms with van der Waals surface area (Å²) in [6.45, 7) is 13.5. The van der Waals surface area contributed by atoms with Gasteiger partial charge in [0.2, 0.25) is 5.91 Å². The number of aliphatic hydroxyl groups is 1. The number of thioether (sulfide) groups is 2. The molecule has 1 unspecified atom stereocenters. The first-order chi connectivity index (χ1) is 11.2. The Labute approximate surface area is 149 Å². The van der Waals surface area contributed by atoms with Gasteiger partial charge < -0.3 is 5.11 Å². The van der Waals surface area contributed by atoms with E-state index in [1.54, 1.807) is 6.08 Å². The number of carbonyl (C=O) groups excluding carboxylic acids is 2. The minimum Gasteiger partial charge on any atom is -0.373 e. The van der Waals surface area contributed by atoms with Crippen molar-refractivity contribution >= 4 is 45.7 Å². The lowest BCUT2D eigenvalue weighted by Crippen LogP contribution is -2.37. The molecule has 1 N–H and O–H groups in total. The second kappa shape index (κ2) is 7.12. The van der Waals surface area contributed by atoms with Gasteiger partial charge in [0.1, 0.15) is 0 Å². The Hall–Kier alpha value is -1.58. The Morgan fingerprint density at radius 1 is 1.33 bits per heavy atom. The Bertz CT molecular complexity index is 657. The van der Waals surface area contributed by atoms with E-state index in [1.165, 1.54) is 21.6 Å². The summed E-state index contributed by atoms with van der Waals surface area (Å²) in [5.74, 6) is -0.513. The van der Waals surface area contributed by atoms with Gasteiger partial charge in [-0.2, -0.15) is 0 Å². The zero-order valence-corrected chi connectivity index (χ0v) is 15.5. The highest BCUT2D eigenvalue weighted by molar-refractivity contribution is 8.16. The van der Waals surface area contributed by atoms with Gasteiger partial charge in [-0.15, -0.1) is 16.8 Å². The predicted octanol–water partition coefficient (Wildman–Crippen LogP) is 1.62. The van der Waals surface area contributed by atoms with Crippen molar-refractivity contribution in [3.05, 3.63) is 24.8 Å². The molecule has 0 aromatic rings. The molecule has 2 amide bonds. The van der Waals surface area contributed by atoms with E-state index in [1.807, 2.05) is 20.8 Å². The average Bonchev–Trinajstić information content (AvgIpc) is 2.87. The average molecular weight is 368 g/mol. The lowest BCUT2D eigenvalue weighted by molar-refractivity contribution is -0.130. The molecular weight excluding hydrogens is 348 g/mol. The highest BCUT2D eigenvalue weighted by Gasteiger charge is 2.44. The van der Waals surface area contributed by atoms with Gasteiger partial charge in [-0.3, -0.25) is 19.4 Å². The summed E-state index contributed by atoms with van der Waals surface area (Å²) in [5.41, 5.74) is -0.360. The molecule has 2 saturated heterocycles. The molecule has 2 rings (SSSR count). The number of hydrogen-bond acceptors (Lipinski definition) is 7. The van der Waals surface area contributed by atoms with Crippen LogP contribution in [0.4, 0.5) is 0 Å². The summed E-state index contributed by atoms with van der Waals surface area (Å²) in [6.07, 6.45) is 1.55. The van der Waals surface area contributed by atoms with Gasteiger partial charge >= 0.3 is 0 Å². The van der Waals surface area contributed by atoms with E-state index in [2.05, 4.69) is 23.4 Å². The standard InChI is InChI=1S/C15H20N4O3S2/c1-6-7-18-10(20)11(21)23-13(18)16-17-14-19(8-9(2)3)12(22)15(4,5)24-14/h6,11,21H,1-2,7-8H2,3-5H3/b16-13+,17-14+. The normalized spacial score (nSPS) is 26.8. The molecule has 0 saturated carbocycles. The summed E-state index contributed by atoms with van der Waals surface area (Å²) in [4.78, 5) is 27.2. The molecule has 0 bridgehead atoms. The maximum atomic E-state index is 12.5. The highest BCUT2D eigenvalue weighted by atomic mass is 32.2. The quantitative estimate of drug-likeness (QED) is 0.589. The Morgan fingerprint density at radius 2 is 1.96 bits per heavy atom. The van der Waals surface area contributed by atoms with Gasteiger partial charge in [0.25, 0.3) is 5.91 Å². The van der Waals surface area contributed by atoms with Crippen LogP contribution < -0.4 is 0 Å². The molecule has 7 nitrogen and oxygen atoms in total. The van der Waals surface area contributed by atoms with E-state index in [4.69, 9.17) is 0 Å². The fraction of sp³-hybridized carbons (Fsp3) is 0.467. The van der Waals surface area contributed by atoms with E-state index in [9.17, 15) is 14.7 Å². The molecule has 2 heterocycles. The van der Waals surface area contributed by atoms with Gasteiger partial charge in [0, 0.05) is 13.1 Å². The zero-order chi connectivity index (χ0) is 18.1. The van der Waals surface area contributed by atoms with E-state index in [0.717, 1.165) is 17.3 Å². The molecule has 0 aliphatic carbocycles. The van der Waals surface area contributed by atoms with Gasteiger partial charge in [-0.1, -0.05) is 30.0 Å². The van der Waals surface area contributed by atoms with Crippen LogP contribution in [-0.2, 0) is 9.59 Å². The third kappa shape index (κ3) is 3.73. The van der Waals surface area contributed by atoms with Crippen LogP contribution in [0.3, 0.4) is 0 Å². The monoisotopic (exact) mass is 368 g/mol. The second-order valence-electron chi connectivity index (χ2n) is 5.93. The van der Waals surface area contributed by atoms with Crippen molar-refractivity contribution in [2.75, 3.05) is 13.1 Å². The lowest BCUT2D eigenvalue weighted by Gasteiger charge is -2.17. The summed E-state index contributed by atoms with van der Waals surface area (Å²) < 4.78 is -0.632. The number of amidine groups is 2. The van der Waals surface area contributed by atoms with E-state index in [0.29, 0.717) is 11.7 Å². The number of rotatable bonds is 5. The fourth-order valence-corrected chi connectivity index (χ4v) is 3.93. The SMILES string of the molecule is C=CCN1C(=O)C(O)S/C1=N/N=C1/SC(C)(C)C(=O)N1CC(=C)C. The van der Waals surface area contributed by atoms with Crippen molar-refractivity contribution in [2.24, 2.45) is 10.2 Å². The lowest BCUT2D eigenvalue weighted by atomic mass is 10.2. The second-order valence-corrected chi connectivity index (χ2v) is 8.57. The van der Waals surface area contributed by atoms with Crippen molar-refractivity contribution in [3.8, 4) is 0 Å². The minimum absolute atomic E-state index is 0.0624. The number of hydrogen-bond donors (Lipinski definition) is 1. The molecule has 0 spiro atoms.